The summed E-state index contributed by atoms with van der Waals surface area (Å²) in [6, 6.07) is 5.68. The number of aryl methyl sites for hydroxylation is 1. The van der Waals surface area contributed by atoms with Gasteiger partial charge < -0.3 is 5.32 Å². The van der Waals surface area contributed by atoms with E-state index in [-0.39, 0.29) is 5.91 Å². The Morgan fingerprint density at radius 2 is 2.08 bits per heavy atom. The Hall–Kier alpha value is -1.09. The number of hydrogen-bond donors (Lipinski definition) is 1. The zero-order chi connectivity index (χ0) is 19.2. The molecule has 1 aromatic carbocycles. The number of carbonyl (C=O) groups excluding carboxylic acids is 1. The Kier molecular flexibility index (Phi) is 7.94. The lowest BCUT2D eigenvalue weighted by atomic mass is 10.00. The number of sulfonamides is 1. The maximum absolute atomic E-state index is 12.2. The normalized spacial score (nSPS) is 14.7. The highest BCUT2D eigenvalue weighted by molar-refractivity contribution is 14.1. The van der Waals surface area contributed by atoms with Crippen LogP contribution in [0.4, 0.5) is 5.69 Å². The molecule has 144 valence electrons. The predicted molar refractivity (Wildman–Crippen MR) is 115 cm³/mol. The third kappa shape index (κ3) is 6.57. The molecule has 5 nitrogen and oxygen atoms in total. The van der Waals surface area contributed by atoms with Gasteiger partial charge in [-0.3, -0.25) is 9.10 Å². The zero-order valence-electron chi connectivity index (χ0n) is 15.4. The van der Waals surface area contributed by atoms with E-state index < -0.39 is 10.0 Å². The van der Waals surface area contributed by atoms with Crippen molar-refractivity contribution in [2.75, 3.05) is 23.7 Å². The van der Waals surface area contributed by atoms with Crippen molar-refractivity contribution >= 4 is 44.2 Å². The Balaban J connectivity index is 1.89. The summed E-state index contributed by atoms with van der Waals surface area (Å²) in [5.41, 5.74) is 2.90. The molecular weight excluding hydrogens is 463 g/mol. The second-order valence-corrected chi connectivity index (χ2v) is 9.91. The highest BCUT2D eigenvalue weighted by Crippen LogP contribution is 2.24. The van der Waals surface area contributed by atoms with E-state index in [1.54, 1.807) is 0 Å². The third-order valence-corrected chi connectivity index (χ3v) is 6.34. The van der Waals surface area contributed by atoms with Gasteiger partial charge in [0.25, 0.3) is 0 Å². The fourth-order valence-corrected chi connectivity index (χ4v) is 4.78. The first-order valence-corrected chi connectivity index (χ1v) is 11.9. The van der Waals surface area contributed by atoms with Gasteiger partial charge in [0.1, 0.15) is 0 Å². The lowest BCUT2D eigenvalue weighted by molar-refractivity contribution is -0.120. The Morgan fingerprint density at radius 3 is 2.69 bits per heavy atom. The number of nitrogens with one attached hydrogen (secondary N) is 1. The van der Waals surface area contributed by atoms with E-state index in [1.807, 2.05) is 25.1 Å². The summed E-state index contributed by atoms with van der Waals surface area (Å²) in [6.07, 6.45) is 8.83. The van der Waals surface area contributed by atoms with E-state index >= 15 is 0 Å². The maximum Gasteiger partial charge on any atom is 0.232 e. The van der Waals surface area contributed by atoms with Crippen molar-refractivity contribution in [2.24, 2.45) is 0 Å². The van der Waals surface area contributed by atoms with E-state index in [2.05, 4.69) is 34.0 Å². The number of nitrogens with zero attached hydrogens (tertiary/aromatic N) is 1. The summed E-state index contributed by atoms with van der Waals surface area (Å²) in [6.45, 7) is 2.82. The van der Waals surface area contributed by atoms with Crippen LogP contribution in [0.15, 0.2) is 29.8 Å². The van der Waals surface area contributed by atoms with E-state index in [9.17, 15) is 13.2 Å². The quantitative estimate of drug-likeness (QED) is 0.446. The number of allylic oxidation sites excluding steroid dienone is 1. The molecule has 0 radical (unpaired) electrons. The Bertz CT molecular complexity index is 775. The second kappa shape index (κ2) is 9.73. The molecule has 2 rings (SSSR count). The van der Waals surface area contributed by atoms with Crippen molar-refractivity contribution in [3.05, 3.63) is 39.0 Å². The number of amides is 1. The maximum atomic E-state index is 12.2. The molecule has 7 heteroatoms. The van der Waals surface area contributed by atoms with Crippen LogP contribution in [0.2, 0.25) is 0 Å². The first kappa shape index (κ1) is 21.2. The Labute approximate surface area is 170 Å². The van der Waals surface area contributed by atoms with Crippen LogP contribution >= 0.6 is 22.6 Å². The summed E-state index contributed by atoms with van der Waals surface area (Å²) >= 11 is 2.21. The van der Waals surface area contributed by atoms with Crippen molar-refractivity contribution in [3.8, 4) is 0 Å². The average molecular weight is 490 g/mol. The van der Waals surface area contributed by atoms with Gasteiger partial charge in [-0.25, -0.2) is 8.42 Å². The fraction of sp³-hybridized carbons (Fsp3) is 0.526. The van der Waals surface area contributed by atoms with Gasteiger partial charge in [0.2, 0.25) is 15.9 Å². The Morgan fingerprint density at radius 1 is 1.31 bits per heavy atom. The molecular formula is C19H27IN2O3S. The SMILES string of the molecule is Cc1cc(I)ccc1N(CCCC(=O)NCC1=CCCCC1)S(C)(=O)=O. The summed E-state index contributed by atoms with van der Waals surface area (Å²) in [5.74, 6) is -0.0238. The minimum absolute atomic E-state index is 0.0238. The zero-order valence-corrected chi connectivity index (χ0v) is 18.4. The molecule has 0 aromatic heterocycles. The number of benzene rings is 1. The van der Waals surface area contributed by atoms with Crippen molar-refractivity contribution in [1.82, 2.24) is 5.32 Å². The van der Waals surface area contributed by atoms with E-state index in [1.165, 1.54) is 29.0 Å². The van der Waals surface area contributed by atoms with Crippen LogP contribution < -0.4 is 9.62 Å². The van der Waals surface area contributed by atoms with Crippen LogP contribution in [0.3, 0.4) is 0 Å². The first-order valence-electron chi connectivity index (χ1n) is 8.96. The summed E-state index contributed by atoms with van der Waals surface area (Å²) < 4.78 is 26.8. The number of anilines is 1. The first-order chi connectivity index (χ1) is 12.3. The number of hydrogen-bond acceptors (Lipinski definition) is 3. The van der Waals surface area contributed by atoms with Crippen molar-refractivity contribution in [3.63, 3.8) is 0 Å². The van der Waals surface area contributed by atoms with Crippen molar-refractivity contribution in [2.45, 2.75) is 45.4 Å². The average Bonchev–Trinajstić information content (AvgIpc) is 2.58. The van der Waals surface area contributed by atoms with Crippen LogP contribution in [-0.2, 0) is 14.8 Å². The van der Waals surface area contributed by atoms with Gasteiger partial charge in [-0.05, 0) is 85.4 Å². The van der Waals surface area contributed by atoms with Gasteiger partial charge in [-0.2, -0.15) is 0 Å². The van der Waals surface area contributed by atoms with Crippen LogP contribution in [0.5, 0.6) is 0 Å². The summed E-state index contributed by atoms with van der Waals surface area (Å²) in [4.78, 5) is 12.1. The van der Waals surface area contributed by atoms with Crippen molar-refractivity contribution < 1.29 is 13.2 Å². The topological polar surface area (TPSA) is 66.5 Å². The van der Waals surface area contributed by atoms with Gasteiger partial charge in [-0.15, -0.1) is 0 Å². The molecule has 0 saturated carbocycles. The fourth-order valence-electron chi connectivity index (χ4n) is 3.11. The predicted octanol–water partition coefficient (Wildman–Crippen LogP) is 3.76. The van der Waals surface area contributed by atoms with Gasteiger partial charge >= 0.3 is 0 Å². The minimum atomic E-state index is -3.39. The molecule has 1 aliphatic carbocycles. The molecule has 0 unspecified atom stereocenters. The lowest BCUT2D eigenvalue weighted by Gasteiger charge is -2.24. The van der Waals surface area contributed by atoms with Crippen LogP contribution in [0, 0.1) is 10.5 Å². The highest BCUT2D eigenvalue weighted by atomic mass is 127. The van der Waals surface area contributed by atoms with Gasteiger partial charge in [0, 0.05) is 23.1 Å². The van der Waals surface area contributed by atoms with E-state index in [0.29, 0.717) is 31.6 Å². The number of carbonyl (C=O) groups is 1. The molecule has 1 N–H and O–H groups in total. The monoisotopic (exact) mass is 490 g/mol. The third-order valence-electron chi connectivity index (χ3n) is 4.49. The lowest BCUT2D eigenvalue weighted by Crippen LogP contribution is -2.33. The largest absolute Gasteiger partial charge is 0.352 e. The molecule has 0 bridgehead atoms. The van der Waals surface area contributed by atoms with Crippen molar-refractivity contribution in [1.29, 1.82) is 0 Å². The van der Waals surface area contributed by atoms with Crippen LogP contribution in [0.1, 0.15) is 44.1 Å². The number of rotatable bonds is 8. The molecule has 1 aromatic rings. The molecule has 0 heterocycles. The molecule has 0 saturated heterocycles. The van der Waals surface area contributed by atoms with Gasteiger partial charge in [0.05, 0.1) is 11.9 Å². The smallest absolute Gasteiger partial charge is 0.232 e. The van der Waals surface area contributed by atoms with Crippen LogP contribution in [-0.4, -0.2) is 33.7 Å². The standard InChI is InChI=1S/C19H27IN2O3S/c1-15-13-17(20)10-11-18(15)22(26(2,24)25)12-6-9-19(23)21-14-16-7-4-3-5-8-16/h7,10-11,13H,3-6,8-9,12,14H2,1-2H3,(H,21,23). The molecule has 26 heavy (non-hydrogen) atoms. The van der Waals surface area contributed by atoms with Crippen LogP contribution in [0.25, 0.3) is 0 Å². The summed E-state index contributed by atoms with van der Waals surface area (Å²) in [7, 11) is -3.39. The summed E-state index contributed by atoms with van der Waals surface area (Å²) in [5, 5.41) is 2.95. The minimum Gasteiger partial charge on any atom is -0.352 e. The second-order valence-electron chi connectivity index (χ2n) is 6.75. The molecule has 0 atom stereocenters. The molecule has 1 aliphatic rings. The molecule has 0 aliphatic heterocycles. The molecule has 1 amide bonds. The molecule has 0 fully saturated rings. The molecule has 0 spiro atoms. The van der Waals surface area contributed by atoms with E-state index in [4.69, 9.17) is 0 Å². The number of halogens is 1. The van der Waals surface area contributed by atoms with Gasteiger partial charge in [0.15, 0.2) is 0 Å². The van der Waals surface area contributed by atoms with E-state index in [0.717, 1.165) is 22.0 Å². The highest BCUT2D eigenvalue weighted by Gasteiger charge is 2.19. The van der Waals surface area contributed by atoms with Gasteiger partial charge in [-0.1, -0.05) is 11.6 Å².